The van der Waals surface area contributed by atoms with Crippen LogP contribution in [0.3, 0.4) is 0 Å². The van der Waals surface area contributed by atoms with Crippen LogP contribution in [-0.2, 0) is 6.54 Å². The predicted molar refractivity (Wildman–Crippen MR) is 78.0 cm³/mol. The quantitative estimate of drug-likeness (QED) is 0.869. The highest BCUT2D eigenvalue weighted by Gasteiger charge is 2.07. The van der Waals surface area contributed by atoms with Gasteiger partial charge in [0.15, 0.2) is 0 Å². The number of hydrogen-bond acceptors (Lipinski definition) is 3. The van der Waals surface area contributed by atoms with Gasteiger partial charge in [0.05, 0.1) is 12.3 Å². The van der Waals surface area contributed by atoms with Crippen LogP contribution in [0.25, 0.3) is 0 Å². The van der Waals surface area contributed by atoms with Gasteiger partial charge < -0.3 is 15.2 Å². The molecule has 0 atom stereocenters. The van der Waals surface area contributed by atoms with E-state index in [4.69, 9.17) is 16.3 Å². The Bertz CT molecular complexity index is 604. The number of aromatic hydroxyl groups is 1. The summed E-state index contributed by atoms with van der Waals surface area (Å²) < 4.78 is 18.6. The first-order valence-corrected chi connectivity index (χ1v) is 6.61. The molecule has 3 nitrogen and oxygen atoms in total. The SMILES string of the molecule is CCOc1ccc(Cl)cc1NCc1cc(F)ccc1O. The molecule has 0 spiro atoms. The van der Waals surface area contributed by atoms with E-state index in [0.717, 1.165) is 0 Å². The van der Waals surface area contributed by atoms with Crippen molar-refractivity contribution in [1.82, 2.24) is 0 Å². The molecule has 0 bridgehead atoms. The van der Waals surface area contributed by atoms with Gasteiger partial charge in [-0.1, -0.05) is 11.6 Å². The average Bonchev–Trinajstić information content (AvgIpc) is 2.42. The van der Waals surface area contributed by atoms with Crippen LogP contribution in [-0.4, -0.2) is 11.7 Å². The van der Waals surface area contributed by atoms with Crippen LogP contribution in [0.4, 0.5) is 10.1 Å². The first-order valence-electron chi connectivity index (χ1n) is 6.23. The summed E-state index contributed by atoms with van der Waals surface area (Å²) in [5.41, 5.74) is 1.16. The van der Waals surface area contributed by atoms with Crippen LogP contribution in [0, 0.1) is 5.82 Å². The Labute approximate surface area is 122 Å². The van der Waals surface area contributed by atoms with E-state index in [0.29, 0.717) is 28.6 Å². The second-order valence-electron chi connectivity index (χ2n) is 4.20. The maximum atomic E-state index is 13.2. The fourth-order valence-corrected chi connectivity index (χ4v) is 1.98. The van der Waals surface area contributed by atoms with Crippen molar-refractivity contribution >= 4 is 17.3 Å². The average molecular weight is 296 g/mol. The van der Waals surface area contributed by atoms with E-state index in [1.807, 2.05) is 6.92 Å². The highest BCUT2D eigenvalue weighted by atomic mass is 35.5. The molecule has 0 fully saturated rings. The zero-order valence-electron chi connectivity index (χ0n) is 11.0. The minimum atomic E-state index is -0.393. The molecule has 0 aliphatic carbocycles. The zero-order chi connectivity index (χ0) is 14.5. The maximum absolute atomic E-state index is 13.2. The molecule has 0 saturated carbocycles. The summed E-state index contributed by atoms with van der Waals surface area (Å²) in [6.45, 7) is 2.68. The van der Waals surface area contributed by atoms with Crippen molar-refractivity contribution in [2.45, 2.75) is 13.5 Å². The fraction of sp³-hybridized carbons (Fsp3) is 0.200. The lowest BCUT2D eigenvalue weighted by atomic mass is 10.2. The molecule has 2 N–H and O–H groups in total. The van der Waals surface area contributed by atoms with Gasteiger partial charge >= 0.3 is 0 Å². The molecule has 0 aliphatic heterocycles. The normalized spacial score (nSPS) is 10.3. The number of benzene rings is 2. The largest absolute Gasteiger partial charge is 0.508 e. The third kappa shape index (κ3) is 3.54. The van der Waals surface area contributed by atoms with E-state index >= 15 is 0 Å². The van der Waals surface area contributed by atoms with E-state index in [1.165, 1.54) is 18.2 Å². The number of ether oxygens (including phenoxy) is 1. The minimum Gasteiger partial charge on any atom is -0.508 e. The molecule has 0 amide bonds. The zero-order valence-corrected chi connectivity index (χ0v) is 11.7. The number of nitrogens with one attached hydrogen (secondary N) is 1. The van der Waals surface area contributed by atoms with E-state index in [9.17, 15) is 9.50 Å². The standard InChI is InChI=1S/C15H15ClFNO2/c1-2-20-15-6-3-11(16)8-13(15)18-9-10-7-12(17)4-5-14(10)19/h3-8,18-19H,2,9H2,1H3. The molecule has 0 heterocycles. The highest BCUT2D eigenvalue weighted by molar-refractivity contribution is 6.30. The minimum absolute atomic E-state index is 0.0406. The van der Waals surface area contributed by atoms with Crippen molar-refractivity contribution in [3.63, 3.8) is 0 Å². The van der Waals surface area contributed by atoms with Crippen LogP contribution < -0.4 is 10.1 Å². The van der Waals surface area contributed by atoms with Gasteiger partial charge in [-0.05, 0) is 43.3 Å². The van der Waals surface area contributed by atoms with Crippen LogP contribution in [0.15, 0.2) is 36.4 Å². The van der Waals surface area contributed by atoms with Crippen molar-refractivity contribution in [3.8, 4) is 11.5 Å². The Hall–Kier alpha value is -1.94. The molecule has 2 rings (SSSR count). The summed E-state index contributed by atoms with van der Waals surface area (Å²) in [4.78, 5) is 0. The molecule has 0 saturated heterocycles. The molecule has 2 aromatic rings. The summed E-state index contributed by atoms with van der Waals surface area (Å²) >= 11 is 5.95. The van der Waals surface area contributed by atoms with Crippen molar-refractivity contribution in [2.24, 2.45) is 0 Å². The molecular weight excluding hydrogens is 281 g/mol. The summed E-state index contributed by atoms with van der Waals surface area (Å²) in [6, 6.07) is 9.05. The maximum Gasteiger partial charge on any atom is 0.142 e. The monoisotopic (exact) mass is 295 g/mol. The third-order valence-corrected chi connectivity index (χ3v) is 2.99. The van der Waals surface area contributed by atoms with Crippen molar-refractivity contribution < 1.29 is 14.2 Å². The number of rotatable bonds is 5. The van der Waals surface area contributed by atoms with Crippen molar-refractivity contribution in [1.29, 1.82) is 0 Å². The van der Waals surface area contributed by atoms with E-state index in [1.54, 1.807) is 18.2 Å². The van der Waals surface area contributed by atoms with Gasteiger partial charge in [0.2, 0.25) is 0 Å². The van der Waals surface area contributed by atoms with Crippen molar-refractivity contribution in [2.75, 3.05) is 11.9 Å². The number of phenols is 1. The molecule has 5 heteroatoms. The van der Waals surface area contributed by atoms with Crippen molar-refractivity contribution in [3.05, 3.63) is 52.8 Å². The molecule has 0 radical (unpaired) electrons. The van der Waals surface area contributed by atoms with E-state index in [2.05, 4.69) is 5.32 Å². The fourth-order valence-electron chi connectivity index (χ4n) is 1.81. The third-order valence-electron chi connectivity index (χ3n) is 2.75. The molecular formula is C15H15ClFNO2. The highest BCUT2D eigenvalue weighted by Crippen LogP contribution is 2.29. The second-order valence-corrected chi connectivity index (χ2v) is 4.64. The lowest BCUT2D eigenvalue weighted by molar-refractivity contribution is 0.341. The first kappa shape index (κ1) is 14.5. The second kappa shape index (κ2) is 6.48. The Kier molecular flexibility index (Phi) is 4.69. The summed E-state index contributed by atoms with van der Waals surface area (Å²) in [7, 11) is 0. The molecule has 20 heavy (non-hydrogen) atoms. The van der Waals surface area contributed by atoms with Gasteiger partial charge in [-0.2, -0.15) is 0 Å². The van der Waals surface area contributed by atoms with Gasteiger partial charge in [0.25, 0.3) is 0 Å². The van der Waals surface area contributed by atoms with E-state index < -0.39 is 5.82 Å². The lowest BCUT2D eigenvalue weighted by Gasteiger charge is -2.13. The molecule has 0 aliphatic rings. The number of phenolic OH excluding ortho intramolecular Hbond substituents is 1. The molecule has 2 aromatic carbocycles. The lowest BCUT2D eigenvalue weighted by Crippen LogP contribution is -2.03. The van der Waals surface area contributed by atoms with Crippen LogP contribution in [0.1, 0.15) is 12.5 Å². The first-order chi connectivity index (χ1) is 9.60. The topological polar surface area (TPSA) is 41.5 Å². The molecule has 0 aromatic heterocycles. The number of halogens is 2. The summed E-state index contributed by atoms with van der Waals surface area (Å²) in [5, 5.41) is 13.3. The van der Waals surface area contributed by atoms with Gasteiger partial charge in [0.1, 0.15) is 17.3 Å². The van der Waals surface area contributed by atoms with Crippen LogP contribution in [0.5, 0.6) is 11.5 Å². The predicted octanol–water partition coefficient (Wildman–Crippen LogP) is 4.20. The Morgan fingerprint density at radius 3 is 2.80 bits per heavy atom. The number of anilines is 1. The summed E-state index contributed by atoms with van der Waals surface area (Å²) in [5.74, 6) is 0.308. The Morgan fingerprint density at radius 1 is 1.25 bits per heavy atom. The Balaban J connectivity index is 2.17. The number of hydrogen-bond donors (Lipinski definition) is 2. The smallest absolute Gasteiger partial charge is 0.142 e. The van der Waals surface area contributed by atoms with Gasteiger partial charge in [-0.25, -0.2) is 4.39 Å². The van der Waals surface area contributed by atoms with Crippen LogP contribution in [0.2, 0.25) is 5.02 Å². The van der Waals surface area contributed by atoms with E-state index in [-0.39, 0.29) is 12.3 Å². The molecule has 0 unspecified atom stereocenters. The van der Waals surface area contributed by atoms with Gasteiger partial charge in [-0.15, -0.1) is 0 Å². The Morgan fingerprint density at radius 2 is 2.05 bits per heavy atom. The van der Waals surface area contributed by atoms with Crippen LogP contribution >= 0.6 is 11.6 Å². The van der Waals surface area contributed by atoms with Gasteiger partial charge in [0, 0.05) is 17.1 Å². The van der Waals surface area contributed by atoms with Gasteiger partial charge in [-0.3, -0.25) is 0 Å². The molecule has 106 valence electrons. The summed E-state index contributed by atoms with van der Waals surface area (Å²) in [6.07, 6.45) is 0.